The summed E-state index contributed by atoms with van der Waals surface area (Å²) in [5.41, 5.74) is 0.146. The third-order valence-electron chi connectivity index (χ3n) is 3.57. The molecule has 6 heteroatoms. The zero-order valence-corrected chi connectivity index (χ0v) is 13.1. The second kappa shape index (κ2) is 6.35. The monoisotopic (exact) mass is 322 g/mol. The van der Waals surface area contributed by atoms with E-state index in [0.29, 0.717) is 16.8 Å². The lowest BCUT2D eigenvalue weighted by Crippen LogP contribution is -2.32. The van der Waals surface area contributed by atoms with Gasteiger partial charge in [-0.15, -0.1) is 0 Å². The van der Waals surface area contributed by atoms with Crippen molar-refractivity contribution >= 4 is 15.4 Å². The van der Waals surface area contributed by atoms with Crippen molar-refractivity contribution in [3.05, 3.63) is 84.0 Å². The van der Waals surface area contributed by atoms with Crippen LogP contribution in [0.3, 0.4) is 0 Å². The van der Waals surface area contributed by atoms with Crippen molar-refractivity contribution in [2.45, 2.75) is 12.0 Å². The Bertz CT molecular complexity index is 798. The fourth-order valence-electron chi connectivity index (χ4n) is 2.43. The van der Waals surface area contributed by atoms with Gasteiger partial charge in [0.05, 0.1) is 15.9 Å². The standard InChI is InChI=1S/C17H13FN3OSi/c18-14-3-1-2-12(6-14)7-17(22,13-8-19-11-20-9-13)16-5-4-15(23)10-21-16/h1-6,8-11,22H,7H2. The van der Waals surface area contributed by atoms with Gasteiger partial charge in [-0.25, -0.2) is 14.4 Å². The Hall–Kier alpha value is -2.44. The minimum atomic E-state index is -1.45. The first-order valence-electron chi connectivity index (χ1n) is 6.98. The molecule has 1 N–H and O–H groups in total. The summed E-state index contributed by atoms with van der Waals surface area (Å²) >= 11 is 0. The molecule has 3 aromatic rings. The SMILES string of the molecule is OC(Cc1cccc(F)c1)(c1cncnc1)c1ccc([Si])cn1. The van der Waals surface area contributed by atoms with Crippen LogP contribution in [0, 0.1) is 5.82 Å². The highest BCUT2D eigenvalue weighted by molar-refractivity contribution is 6.32. The van der Waals surface area contributed by atoms with Gasteiger partial charge in [-0.3, -0.25) is 4.98 Å². The molecule has 3 rings (SSSR count). The van der Waals surface area contributed by atoms with Gasteiger partial charge in [0.1, 0.15) is 17.7 Å². The van der Waals surface area contributed by atoms with Crippen molar-refractivity contribution in [2.75, 3.05) is 0 Å². The highest BCUT2D eigenvalue weighted by Crippen LogP contribution is 2.31. The van der Waals surface area contributed by atoms with E-state index in [1.807, 2.05) is 0 Å². The van der Waals surface area contributed by atoms with E-state index in [2.05, 4.69) is 25.2 Å². The Morgan fingerprint density at radius 3 is 2.52 bits per heavy atom. The van der Waals surface area contributed by atoms with Crippen LogP contribution >= 0.6 is 0 Å². The average molecular weight is 322 g/mol. The highest BCUT2D eigenvalue weighted by atomic mass is 28.1. The van der Waals surface area contributed by atoms with E-state index in [4.69, 9.17) is 0 Å². The number of aromatic nitrogens is 3. The maximum Gasteiger partial charge on any atom is 0.138 e. The lowest BCUT2D eigenvalue weighted by molar-refractivity contribution is 0.0757. The van der Waals surface area contributed by atoms with Crippen LogP contribution in [0.2, 0.25) is 0 Å². The van der Waals surface area contributed by atoms with Gasteiger partial charge in [0.25, 0.3) is 0 Å². The van der Waals surface area contributed by atoms with Crippen LogP contribution in [0.4, 0.5) is 4.39 Å². The third kappa shape index (κ3) is 3.33. The summed E-state index contributed by atoms with van der Waals surface area (Å²) in [7, 11) is 3.38. The number of nitrogens with zero attached hydrogens (tertiary/aromatic N) is 3. The summed E-state index contributed by atoms with van der Waals surface area (Å²) in [5, 5.41) is 12.1. The molecule has 23 heavy (non-hydrogen) atoms. The molecule has 1 aromatic carbocycles. The summed E-state index contributed by atoms with van der Waals surface area (Å²) in [6.45, 7) is 0. The molecule has 1 atom stereocenters. The van der Waals surface area contributed by atoms with Gasteiger partial charge in [0, 0.05) is 30.6 Å². The van der Waals surface area contributed by atoms with Crippen molar-refractivity contribution in [3.63, 3.8) is 0 Å². The maximum absolute atomic E-state index is 13.5. The summed E-state index contributed by atoms with van der Waals surface area (Å²) in [6.07, 6.45) is 6.23. The van der Waals surface area contributed by atoms with E-state index >= 15 is 0 Å². The molecule has 2 heterocycles. The summed E-state index contributed by atoms with van der Waals surface area (Å²) in [4.78, 5) is 12.2. The number of halogens is 1. The minimum Gasteiger partial charge on any atom is -0.378 e. The fourth-order valence-corrected chi connectivity index (χ4v) is 2.58. The number of benzene rings is 1. The van der Waals surface area contributed by atoms with Gasteiger partial charge in [0.15, 0.2) is 0 Å². The van der Waals surface area contributed by atoms with Crippen molar-refractivity contribution < 1.29 is 9.50 Å². The number of aliphatic hydroxyl groups is 1. The van der Waals surface area contributed by atoms with Gasteiger partial charge >= 0.3 is 0 Å². The molecular weight excluding hydrogens is 309 g/mol. The molecule has 3 radical (unpaired) electrons. The van der Waals surface area contributed by atoms with Gasteiger partial charge in [-0.05, 0) is 28.9 Å². The van der Waals surface area contributed by atoms with Crippen LogP contribution < -0.4 is 5.19 Å². The largest absolute Gasteiger partial charge is 0.378 e. The Balaban J connectivity index is 2.08. The average Bonchev–Trinajstić information content (AvgIpc) is 2.56. The van der Waals surface area contributed by atoms with E-state index in [0.717, 1.165) is 5.19 Å². The van der Waals surface area contributed by atoms with Crippen LogP contribution in [0.5, 0.6) is 0 Å². The lowest BCUT2D eigenvalue weighted by Gasteiger charge is -2.28. The number of pyridine rings is 1. The fraction of sp³-hybridized carbons (Fsp3) is 0.118. The lowest BCUT2D eigenvalue weighted by atomic mass is 9.85. The summed E-state index contributed by atoms with van der Waals surface area (Å²) in [6, 6.07) is 9.64. The van der Waals surface area contributed by atoms with Crippen LogP contribution in [0.1, 0.15) is 16.8 Å². The van der Waals surface area contributed by atoms with Gasteiger partial charge in [-0.2, -0.15) is 0 Å². The Labute approximate surface area is 136 Å². The van der Waals surface area contributed by atoms with E-state index in [1.54, 1.807) is 30.5 Å². The normalized spacial score (nSPS) is 13.5. The van der Waals surface area contributed by atoms with Crippen molar-refractivity contribution in [1.29, 1.82) is 0 Å². The Morgan fingerprint density at radius 1 is 1.09 bits per heavy atom. The van der Waals surface area contributed by atoms with E-state index in [1.165, 1.54) is 30.9 Å². The van der Waals surface area contributed by atoms with Crippen LogP contribution in [0.15, 0.2) is 61.3 Å². The second-order valence-corrected chi connectivity index (χ2v) is 5.80. The zero-order chi connectivity index (χ0) is 16.3. The number of hydrogen-bond donors (Lipinski definition) is 1. The molecule has 0 aliphatic heterocycles. The van der Waals surface area contributed by atoms with Gasteiger partial charge in [-0.1, -0.05) is 18.2 Å². The first-order valence-corrected chi connectivity index (χ1v) is 7.48. The van der Waals surface area contributed by atoms with Crippen LogP contribution in [-0.2, 0) is 12.0 Å². The van der Waals surface area contributed by atoms with Crippen molar-refractivity contribution in [2.24, 2.45) is 0 Å². The molecule has 0 saturated carbocycles. The van der Waals surface area contributed by atoms with E-state index < -0.39 is 5.60 Å². The van der Waals surface area contributed by atoms with Crippen LogP contribution in [0.25, 0.3) is 0 Å². The predicted molar refractivity (Wildman–Crippen MR) is 84.8 cm³/mol. The molecule has 0 fully saturated rings. The molecule has 4 nitrogen and oxygen atoms in total. The van der Waals surface area contributed by atoms with E-state index in [9.17, 15) is 9.50 Å². The molecule has 0 aliphatic carbocycles. The molecule has 0 bridgehead atoms. The Morgan fingerprint density at radius 2 is 1.87 bits per heavy atom. The number of rotatable bonds is 4. The molecule has 0 spiro atoms. The first kappa shape index (κ1) is 15.5. The molecule has 0 saturated heterocycles. The summed E-state index contributed by atoms with van der Waals surface area (Å²) < 4.78 is 13.5. The minimum absolute atomic E-state index is 0.159. The molecule has 113 valence electrons. The topological polar surface area (TPSA) is 58.9 Å². The van der Waals surface area contributed by atoms with Crippen molar-refractivity contribution in [1.82, 2.24) is 15.0 Å². The highest BCUT2D eigenvalue weighted by Gasteiger charge is 2.34. The third-order valence-corrected chi connectivity index (χ3v) is 3.87. The quantitative estimate of drug-likeness (QED) is 0.735. The predicted octanol–water partition coefficient (Wildman–Crippen LogP) is 1.28. The first-order chi connectivity index (χ1) is 11.1. The van der Waals surface area contributed by atoms with E-state index in [-0.39, 0.29) is 12.2 Å². The van der Waals surface area contributed by atoms with Crippen molar-refractivity contribution in [3.8, 4) is 0 Å². The number of hydrogen-bond acceptors (Lipinski definition) is 4. The molecular formula is C17H13FN3OSi. The molecule has 2 aromatic heterocycles. The van der Waals surface area contributed by atoms with Gasteiger partial charge < -0.3 is 5.11 Å². The molecule has 0 amide bonds. The molecule has 1 unspecified atom stereocenters. The van der Waals surface area contributed by atoms with Gasteiger partial charge in [0.2, 0.25) is 0 Å². The maximum atomic E-state index is 13.5. The zero-order valence-electron chi connectivity index (χ0n) is 12.1. The Kier molecular flexibility index (Phi) is 4.27. The smallest absolute Gasteiger partial charge is 0.138 e. The molecule has 0 aliphatic rings. The summed E-state index contributed by atoms with van der Waals surface area (Å²) in [5.74, 6) is -0.349. The van der Waals surface area contributed by atoms with Crippen LogP contribution in [-0.4, -0.2) is 30.3 Å². The second-order valence-electron chi connectivity index (χ2n) is 5.23.